The van der Waals surface area contributed by atoms with Gasteiger partial charge in [-0.05, 0) is 19.3 Å². The average molecular weight is 444 g/mol. The Balaban J connectivity index is 2.27. The van der Waals surface area contributed by atoms with Crippen molar-refractivity contribution in [3.8, 4) is 0 Å². The Morgan fingerprint density at radius 2 is 2.04 bits per heavy atom. The minimum atomic E-state index is -4.40. The minimum Gasteiger partial charge on any atom is -0.370 e. The molecular formula is C14H24F3N7O2S2. The number of thiazole rings is 1. The van der Waals surface area contributed by atoms with Gasteiger partial charge in [0.05, 0.1) is 11.9 Å². The van der Waals surface area contributed by atoms with Gasteiger partial charge in [-0.1, -0.05) is 6.42 Å². The van der Waals surface area contributed by atoms with E-state index in [4.69, 9.17) is 5.73 Å². The molecule has 14 heteroatoms. The Bertz CT molecular complexity index is 776. The van der Waals surface area contributed by atoms with Crippen LogP contribution in [0.5, 0.6) is 0 Å². The summed E-state index contributed by atoms with van der Waals surface area (Å²) in [4.78, 5) is 11.3. The van der Waals surface area contributed by atoms with Gasteiger partial charge < -0.3 is 16.4 Å². The molecule has 28 heavy (non-hydrogen) atoms. The van der Waals surface area contributed by atoms with Crippen molar-refractivity contribution in [3.05, 3.63) is 11.1 Å². The number of alkyl halides is 3. The second kappa shape index (κ2) is 11.0. The molecule has 0 aliphatic carbocycles. The molecule has 0 saturated carbocycles. The molecule has 0 aliphatic heterocycles. The van der Waals surface area contributed by atoms with Gasteiger partial charge in [0.2, 0.25) is 16.0 Å². The lowest BCUT2D eigenvalue weighted by Crippen LogP contribution is -2.40. The standard InChI is InChI=1S/C14H24F3N7O2S2/c1-19-12(24-28(2,25)26)20-7-5-3-4-6-10-8-27-13(22-10)23-11(18)21-9-14(15,16)17/h8H,3-7,9H2,1-2H3,(H2,19,20,24)(H3,18,21,22,23). The van der Waals surface area contributed by atoms with Crippen molar-refractivity contribution in [1.82, 2.24) is 15.0 Å². The number of guanidine groups is 2. The molecule has 1 aromatic rings. The first-order chi connectivity index (χ1) is 13.0. The molecule has 0 radical (unpaired) electrons. The van der Waals surface area contributed by atoms with Gasteiger partial charge in [-0.25, -0.2) is 18.4 Å². The Hall–Kier alpha value is -2.09. The molecule has 160 valence electrons. The highest BCUT2D eigenvalue weighted by Crippen LogP contribution is 2.18. The quantitative estimate of drug-likeness (QED) is 0.258. The fourth-order valence-corrected chi connectivity index (χ4v) is 3.22. The summed E-state index contributed by atoms with van der Waals surface area (Å²) in [5.74, 6) is -0.136. The second-order valence-electron chi connectivity index (χ2n) is 5.77. The van der Waals surface area contributed by atoms with Gasteiger partial charge in [-0.15, -0.1) is 11.3 Å². The topological polar surface area (TPSA) is 134 Å². The maximum absolute atomic E-state index is 12.1. The Labute approximate surface area is 165 Å². The van der Waals surface area contributed by atoms with Crippen LogP contribution < -0.4 is 21.1 Å². The summed E-state index contributed by atoms with van der Waals surface area (Å²) in [6.45, 7) is -0.784. The van der Waals surface area contributed by atoms with Gasteiger partial charge >= 0.3 is 6.18 Å². The summed E-state index contributed by atoms with van der Waals surface area (Å²) in [6.07, 6.45) is -0.129. The molecule has 0 amide bonds. The lowest BCUT2D eigenvalue weighted by molar-refractivity contribution is -0.118. The number of nitrogens with two attached hydrogens (primary N) is 1. The van der Waals surface area contributed by atoms with Crippen LogP contribution in [0.4, 0.5) is 18.3 Å². The maximum atomic E-state index is 12.1. The Kier molecular flexibility index (Phi) is 9.45. The number of rotatable bonds is 9. The predicted molar refractivity (Wildman–Crippen MR) is 105 cm³/mol. The van der Waals surface area contributed by atoms with E-state index in [-0.39, 0.29) is 11.9 Å². The molecule has 9 nitrogen and oxygen atoms in total. The van der Waals surface area contributed by atoms with Crippen LogP contribution in [0.3, 0.4) is 0 Å². The number of aliphatic imine (C=N–C) groups is 2. The zero-order chi connectivity index (χ0) is 21.2. The van der Waals surface area contributed by atoms with Crippen molar-refractivity contribution in [1.29, 1.82) is 0 Å². The highest BCUT2D eigenvalue weighted by atomic mass is 32.2. The summed E-state index contributed by atoms with van der Waals surface area (Å²) < 4.78 is 60.8. The van der Waals surface area contributed by atoms with Crippen LogP contribution in [0.1, 0.15) is 25.0 Å². The van der Waals surface area contributed by atoms with Crippen molar-refractivity contribution in [3.63, 3.8) is 0 Å². The monoisotopic (exact) mass is 443 g/mol. The molecule has 0 saturated heterocycles. The number of nitrogens with one attached hydrogen (secondary N) is 3. The molecule has 0 aliphatic rings. The summed E-state index contributed by atoms with van der Waals surface area (Å²) >= 11 is 1.23. The molecule has 1 aromatic heterocycles. The molecular weight excluding hydrogens is 419 g/mol. The van der Waals surface area contributed by atoms with Crippen LogP contribution in [0, 0.1) is 0 Å². The largest absolute Gasteiger partial charge is 0.408 e. The van der Waals surface area contributed by atoms with Gasteiger partial charge in [0.25, 0.3) is 0 Å². The summed E-state index contributed by atoms with van der Waals surface area (Å²) in [5, 5.41) is 7.63. The SMILES string of the molecule is CN=C(NCCCCCc1csc(NC(N)=NCC(F)(F)F)n1)NS(C)(=O)=O. The van der Waals surface area contributed by atoms with Crippen molar-refractivity contribution < 1.29 is 21.6 Å². The van der Waals surface area contributed by atoms with E-state index in [1.807, 2.05) is 0 Å². The number of sulfonamides is 1. The highest BCUT2D eigenvalue weighted by molar-refractivity contribution is 7.89. The fourth-order valence-electron chi connectivity index (χ4n) is 1.95. The fraction of sp³-hybridized carbons (Fsp3) is 0.643. The number of hydrogen-bond donors (Lipinski definition) is 4. The summed E-state index contributed by atoms with van der Waals surface area (Å²) in [6, 6.07) is 0. The minimum absolute atomic E-state index is 0.197. The molecule has 0 unspecified atom stereocenters. The molecule has 0 atom stereocenters. The molecule has 1 rings (SSSR count). The Morgan fingerprint density at radius 1 is 1.32 bits per heavy atom. The van der Waals surface area contributed by atoms with Crippen molar-refractivity contribution >= 4 is 38.4 Å². The van der Waals surface area contributed by atoms with Crippen molar-refractivity contribution in [2.75, 3.05) is 31.7 Å². The van der Waals surface area contributed by atoms with Crippen LogP contribution in [-0.2, 0) is 16.4 Å². The number of unbranched alkanes of at least 4 members (excludes halogenated alkanes) is 2. The molecule has 0 bridgehead atoms. The predicted octanol–water partition coefficient (Wildman–Crippen LogP) is 1.27. The van der Waals surface area contributed by atoms with E-state index in [2.05, 4.69) is 30.3 Å². The van der Waals surface area contributed by atoms with Gasteiger partial charge in [-0.2, -0.15) is 13.2 Å². The number of hydrogen-bond acceptors (Lipinski definition) is 6. The van der Waals surface area contributed by atoms with Crippen LogP contribution in [0.2, 0.25) is 0 Å². The van der Waals surface area contributed by atoms with Gasteiger partial charge in [-0.3, -0.25) is 9.71 Å². The summed E-state index contributed by atoms with van der Waals surface area (Å²) in [7, 11) is -1.88. The van der Waals surface area contributed by atoms with E-state index >= 15 is 0 Å². The zero-order valence-corrected chi connectivity index (χ0v) is 17.1. The van der Waals surface area contributed by atoms with Crippen LogP contribution in [0.15, 0.2) is 15.4 Å². The van der Waals surface area contributed by atoms with Gasteiger partial charge in [0.1, 0.15) is 6.54 Å². The van der Waals surface area contributed by atoms with Crippen LogP contribution >= 0.6 is 11.3 Å². The van der Waals surface area contributed by atoms with Crippen molar-refractivity contribution in [2.45, 2.75) is 31.9 Å². The lowest BCUT2D eigenvalue weighted by Gasteiger charge is -2.09. The zero-order valence-electron chi connectivity index (χ0n) is 15.5. The number of aromatic nitrogens is 1. The number of halogens is 3. The van der Waals surface area contributed by atoms with Crippen molar-refractivity contribution in [2.24, 2.45) is 15.7 Å². The molecule has 0 spiro atoms. The maximum Gasteiger partial charge on any atom is 0.408 e. The molecule has 0 aromatic carbocycles. The molecule has 1 heterocycles. The number of aryl methyl sites for hydroxylation is 1. The second-order valence-corrected chi connectivity index (χ2v) is 8.38. The molecule has 0 fully saturated rings. The van der Waals surface area contributed by atoms with Crippen LogP contribution in [-0.4, -0.2) is 57.9 Å². The third-order valence-electron chi connectivity index (χ3n) is 3.12. The van der Waals surface area contributed by atoms with E-state index in [0.717, 1.165) is 31.2 Å². The third-order valence-corrected chi connectivity index (χ3v) is 4.49. The van der Waals surface area contributed by atoms with Gasteiger partial charge in [0, 0.05) is 19.0 Å². The van der Waals surface area contributed by atoms with Crippen LogP contribution in [0.25, 0.3) is 0 Å². The van der Waals surface area contributed by atoms with E-state index in [1.165, 1.54) is 18.4 Å². The first-order valence-electron chi connectivity index (χ1n) is 8.25. The van der Waals surface area contributed by atoms with E-state index in [1.54, 1.807) is 5.38 Å². The van der Waals surface area contributed by atoms with E-state index < -0.39 is 22.7 Å². The smallest absolute Gasteiger partial charge is 0.370 e. The first kappa shape index (κ1) is 23.9. The number of anilines is 1. The summed E-state index contributed by atoms with van der Waals surface area (Å²) in [5.41, 5.74) is 6.20. The molecule has 5 N–H and O–H groups in total. The van der Waals surface area contributed by atoms with Gasteiger partial charge in [0.15, 0.2) is 11.1 Å². The third kappa shape index (κ3) is 11.6. The Morgan fingerprint density at radius 3 is 2.64 bits per heavy atom. The van der Waals surface area contributed by atoms with E-state index in [9.17, 15) is 21.6 Å². The number of nitrogens with zero attached hydrogens (tertiary/aromatic N) is 3. The lowest BCUT2D eigenvalue weighted by atomic mass is 10.1. The highest BCUT2D eigenvalue weighted by Gasteiger charge is 2.26. The first-order valence-corrected chi connectivity index (χ1v) is 11.0. The average Bonchev–Trinajstić information content (AvgIpc) is 3.00. The van der Waals surface area contributed by atoms with E-state index in [0.29, 0.717) is 18.1 Å². The normalized spacial score (nSPS) is 13.5.